The van der Waals surface area contributed by atoms with Crippen LogP contribution < -0.4 is 15.6 Å². The minimum atomic E-state index is -0.713. The van der Waals surface area contributed by atoms with Crippen LogP contribution in [0, 0.1) is 13.8 Å². The van der Waals surface area contributed by atoms with Gasteiger partial charge in [0.1, 0.15) is 5.75 Å². The molecule has 0 fully saturated rings. The van der Waals surface area contributed by atoms with E-state index in [2.05, 4.69) is 10.9 Å². The second-order valence-electron chi connectivity index (χ2n) is 5.98. The second-order valence-corrected chi connectivity index (χ2v) is 5.98. The molecule has 25 heavy (non-hydrogen) atoms. The first-order valence-corrected chi connectivity index (χ1v) is 8.33. The van der Waals surface area contributed by atoms with Gasteiger partial charge in [0.05, 0.1) is 0 Å². The second kappa shape index (κ2) is 8.87. The van der Waals surface area contributed by atoms with Crippen molar-refractivity contribution in [2.75, 3.05) is 0 Å². The van der Waals surface area contributed by atoms with Crippen molar-refractivity contribution in [2.24, 2.45) is 0 Å². The number of hydrogen-bond acceptors (Lipinski definition) is 3. The fraction of sp³-hybridized carbons (Fsp3) is 0.300. The normalized spacial score (nSPS) is 11.5. The first-order valence-electron chi connectivity index (χ1n) is 8.33. The molecule has 0 bridgehead atoms. The minimum Gasteiger partial charge on any atom is -0.481 e. The molecule has 1 unspecified atom stereocenters. The summed E-state index contributed by atoms with van der Waals surface area (Å²) in [6, 6.07) is 15.4. The van der Waals surface area contributed by atoms with Gasteiger partial charge in [-0.1, -0.05) is 42.5 Å². The van der Waals surface area contributed by atoms with Crippen LogP contribution in [0.1, 0.15) is 30.0 Å². The molecule has 0 aliphatic heterocycles. The molecule has 132 valence electrons. The molecule has 2 amide bonds. The fourth-order valence-corrected chi connectivity index (χ4v) is 2.29. The van der Waals surface area contributed by atoms with Crippen molar-refractivity contribution in [3.8, 4) is 5.75 Å². The third kappa shape index (κ3) is 5.64. The highest BCUT2D eigenvalue weighted by atomic mass is 16.5. The zero-order valence-electron chi connectivity index (χ0n) is 14.8. The molecule has 5 nitrogen and oxygen atoms in total. The Bertz CT molecular complexity index is 729. The molecular formula is C20H24N2O3. The summed E-state index contributed by atoms with van der Waals surface area (Å²) in [7, 11) is 0. The Hall–Kier alpha value is -2.82. The van der Waals surface area contributed by atoms with Crippen molar-refractivity contribution in [2.45, 2.75) is 39.7 Å². The molecule has 0 heterocycles. The maximum atomic E-state index is 12.1. The van der Waals surface area contributed by atoms with Gasteiger partial charge in [0.15, 0.2) is 6.10 Å². The Balaban J connectivity index is 1.77. The standard InChI is InChI=1S/C20H24N2O3/c1-14-8-7-11-18(15(14)2)25-16(3)20(24)22-21-19(23)13-12-17-9-5-4-6-10-17/h4-11,16H,12-13H2,1-3H3,(H,21,23)(H,22,24). The Morgan fingerprint density at radius 1 is 1.00 bits per heavy atom. The summed E-state index contributed by atoms with van der Waals surface area (Å²) in [6.45, 7) is 5.58. The largest absolute Gasteiger partial charge is 0.481 e. The van der Waals surface area contributed by atoms with Gasteiger partial charge in [-0.3, -0.25) is 20.4 Å². The highest BCUT2D eigenvalue weighted by molar-refractivity contribution is 5.84. The molecule has 0 aromatic heterocycles. The van der Waals surface area contributed by atoms with Crippen LogP contribution in [0.4, 0.5) is 0 Å². The number of benzene rings is 2. The van der Waals surface area contributed by atoms with E-state index in [-0.39, 0.29) is 5.91 Å². The topological polar surface area (TPSA) is 67.4 Å². The van der Waals surface area contributed by atoms with Gasteiger partial charge in [-0.2, -0.15) is 0 Å². The third-order valence-electron chi connectivity index (χ3n) is 4.04. The van der Waals surface area contributed by atoms with Crippen LogP contribution in [0.5, 0.6) is 5.75 Å². The number of amides is 2. The molecule has 5 heteroatoms. The molecule has 2 N–H and O–H groups in total. The minimum absolute atomic E-state index is 0.240. The van der Waals surface area contributed by atoms with Gasteiger partial charge in [-0.05, 0) is 49.9 Å². The van der Waals surface area contributed by atoms with Crippen molar-refractivity contribution < 1.29 is 14.3 Å². The summed E-state index contributed by atoms with van der Waals surface area (Å²) in [6.07, 6.45) is 0.211. The molecule has 1 atom stereocenters. The zero-order valence-corrected chi connectivity index (χ0v) is 14.8. The van der Waals surface area contributed by atoms with Gasteiger partial charge < -0.3 is 4.74 Å². The Kier molecular flexibility index (Phi) is 6.57. The lowest BCUT2D eigenvalue weighted by molar-refractivity contribution is -0.132. The summed E-state index contributed by atoms with van der Waals surface area (Å²) < 4.78 is 5.69. The maximum absolute atomic E-state index is 12.1. The number of nitrogens with one attached hydrogen (secondary N) is 2. The molecule has 2 aromatic rings. The maximum Gasteiger partial charge on any atom is 0.279 e. The van der Waals surface area contributed by atoms with Crippen molar-refractivity contribution in [3.05, 3.63) is 65.2 Å². The average molecular weight is 340 g/mol. The monoisotopic (exact) mass is 340 g/mol. The SMILES string of the molecule is Cc1cccc(OC(C)C(=O)NNC(=O)CCc2ccccc2)c1C. The smallest absolute Gasteiger partial charge is 0.279 e. The molecule has 0 radical (unpaired) electrons. The van der Waals surface area contributed by atoms with Crippen LogP contribution in [0.3, 0.4) is 0 Å². The average Bonchev–Trinajstić information content (AvgIpc) is 2.62. The van der Waals surface area contributed by atoms with E-state index in [1.165, 1.54) is 0 Å². The van der Waals surface area contributed by atoms with Gasteiger partial charge >= 0.3 is 0 Å². The number of carbonyl (C=O) groups excluding carboxylic acids is 2. The molecule has 0 aliphatic rings. The highest BCUT2D eigenvalue weighted by Gasteiger charge is 2.16. The molecule has 0 saturated heterocycles. The van der Waals surface area contributed by atoms with E-state index in [0.29, 0.717) is 18.6 Å². The Labute approximate surface area is 148 Å². The Morgan fingerprint density at radius 2 is 1.72 bits per heavy atom. The van der Waals surface area contributed by atoms with Crippen molar-refractivity contribution in [1.29, 1.82) is 0 Å². The summed E-state index contributed by atoms with van der Waals surface area (Å²) in [4.78, 5) is 23.9. The predicted octanol–water partition coefficient (Wildman–Crippen LogP) is 2.85. The van der Waals surface area contributed by atoms with Crippen LogP contribution >= 0.6 is 0 Å². The van der Waals surface area contributed by atoms with E-state index >= 15 is 0 Å². The highest BCUT2D eigenvalue weighted by Crippen LogP contribution is 2.21. The fourth-order valence-electron chi connectivity index (χ4n) is 2.29. The predicted molar refractivity (Wildman–Crippen MR) is 97.1 cm³/mol. The summed E-state index contributed by atoms with van der Waals surface area (Å²) in [5, 5.41) is 0. The number of aryl methyl sites for hydroxylation is 2. The number of ether oxygens (including phenoxy) is 1. The van der Waals surface area contributed by atoms with E-state index in [0.717, 1.165) is 16.7 Å². The van der Waals surface area contributed by atoms with Crippen LogP contribution in [-0.2, 0) is 16.0 Å². The molecule has 2 rings (SSSR count). The molecule has 0 saturated carbocycles. The summed E-state index contributed by atoms with van der Waals surface area (Å²) >= 11 is 0. The van der Waals surface area contributed by atoms with Crippen LogP contribution in [-0.4, -0.2) is 17.9 Å². The Morgan fingerprint density at radius 3 is 2.44 bits per heavy atom. The van der Waals surface area contributed by atoms with Crippen molar-refractivity contribution >= 4 is 11.8 Å². The number of carbonyl (C=O) groups is 2. The van der Waals surface area contributed by atoms with Crippen molar-refractivity contribution in [1.82, 2.24) is 10.9 Å². The lowest BCUT2D eigenvalue weighted by Gasteiger charge is -2.17. The first kappa shape index (κ1) is 18.5. The van der Waals surface area contributed by atoms with E-state index in [1.54, 1.807) is 6.92 Å². The first-order chi connectivity index (χ1) is 12.0. The van der Waals surface area contributed by atoms with Crippen LogP contribution in [0.15, 0.2) is 48.5 Å². The van der Waals surface area contributed by atoms with Crippen molar-refractivity contribution in [3.63, 3.8) is 0 Å². The number of hydrazine groups is 1. The van der Waals surface area contributed by atoms with Gasteiger partial charge in [-0.25, -0.2) is 0 Å². The van der Waals surface area contributed by atoms with Gasteiger partial charge in [0.25, 0.3) is 5.91 Å². The van der Waals surface area contributed by atoms with E-state index in [1.807, 2.05) is 62.4 Å². The molecule has 0 aliphatic carbocycles. The van der Waals surface area contributed by atoms with Gasteiger partial charge in [0.2, 0.25) is 5.91 Å². The molecular weight excluding hydrogens is 316 g/mol. The number of rotatable bonds is 6. The lowest BCUT2D eigenvalue weighted by atomic mass is 10.1. The molecule has 2 aromatic carbocycles. The van der Waals surface area contributed by atoms with Gasteiger partial charge in [0, 0.05) is 6.42 Å². The summed E-state index contributed by atoms with van der Waals surface area (Å²) in [5.74, 6) is 0.0307. The van der Waals surface area contributed by atoms with Crippen LogP contribution in [0.2, 0.25) is 0 Å². The van der Waals surface area contributed by atoms with Crippen LogP contribution in [0.25, 0.3) is 0 Å². The lowest BCUT2D eigenvalue weighted by Crippen LogP contribution is -2.47. The summed E-state index contributed by atoms with van der Waals surface area (Å²) in [5.41, 5.74) is 8.01. The van der Waals surface area contributed by atoms with E-state index < -0.39 is 12.0 Å². The van der Waals surface area contributed by atoms with E-state index in [9.17, 15) is 9.59 Å². The zero-order chi connectivity index (χ0) is 18.2. The van der Waals surface area contributed by atoms with E-state index in [4.69, 9.17) is 4.74 Å². The van der Waals surface area contributed by atoms with Gasteiger partial charge in [-0.15, -0.1) is 0 Å². The quantitative estimate of drug-likeness (QED) is 0.795. The number of hydrogen-bond donors (Lipinski definition) is 2. The third-order valence-corrected chi connectivity index (χ3v) is 4.04. The molecule has 0 spiro atoms.